The van der Waals surface area contributed by atoms with Crippen molar-refractivity contribution in [1.82, 2.24) is 0 Å². The zero-order valence-corrected chi connectivity index (χ0v) is 12.5. The topological polar surface area (TPSA) is 51.2 Å². The number of halogens is 3. The molecule has 96 valence electrons. The first-order valence-corrected chi connectivity index (χ1v) is 6.85. The molecule has 1 unspecified atom stereocenters. The average Bonchev–Trinajstić information content (AvgIpc) is 2.77. The molecule has 0 spiro atoms. The summed E-state index contributed by atoms with van der Waals surface area (Å²) in [5.74, 6) is 0.418. The van der Waals surface area contributed by atoms with Gasteiger partial charge in [0, 0.05) is 12.2 Å². The van der Waals surface area contributed by atoms with Crippen molar-refractivity contribution >= 4 is 37.5 Å². The van der Waals surface area contributed by atoms with Gasteiger partial charge in [0.15, 0.2) is 0 Å². The molecule has 6 heteroatoms. The average molecular weight is 378 g/mol. The minimum atomic E-state index is -0.302. The molecule has 0 aliphatic carbocycles. The maximum Gasteiger partial charge on any atom is 0.141 e. The molecule has 3 N–H and O–H groups in total. The molecule has 2 rings (SSSR count). The zero-order chi connectivity index (χ0) is 13.1. The number of hydrogen-bond acceptors (Lipinski definition) is 3. The van der Waals surface area contributed by atoms with E-state index in [2.05, 4.69) is 37.2 Å². The minimum absolute atomic E-state index is 0.174. The van der Waals surface area contributed by atoms with Crippen LogP contribution in [0.15, 0.2) is 43.9 Å². The van der Waals surface area contributed by atoms with E-state index in [4.69, 9.17) is 10.2 Å². The van der Waals surface area contributed by atoms with Gasteiger partial charge in [-0.15, -0.1) is 0 Å². The zero-order valence-electron chi connectivity index (χ0n) is 9.29. The van der Waals surface area contributed by atoms with Crippen LogP contribution in [0, 0.1) is 5.82 Å². The summed E-state index contributed by atoms with van der Waals surface area (Å²) in [4.78, 5) is 0. The Kier molecular flexibility index (Phi) is 4.42. The normalized spacial score (nSPS) is 12.4. The van der Waals surface area contributed by atoms with Crippen LogP contribution in [0.25, 0.3) is 0 Å². The summed E-state index contributed by atoms with van der Waals surface area (Å²) in [6.07, 6.45) is 1.59. The predicted octanol–water partition coefficient (Wildman–Crippen LogP) is 4.06. The predicted molar refractivity (Wildman–Crippen MR) is 75.9 cm³/mol. The van der Waals surface area contributed by atoms with Crippen molar-refractivity contribution in [3.05, 3.63) is 51.1 Å². The maximum absolute atomic E-state index is 13.1. The largest absolute Gasteiger partial charge is 0.466 e. The first kappa shape index (κ1) is 13.6. The van der Waals surface area contributed by atoms with Gasteiger partial charge in [-0.05, 0) is 56.1 Å². The van der Waals surface area contributed by atoms with Crippen LogP contribution in [-0.4, -0.2) is 6.54 Å². The summed E-state index contributed by atoms with van der Waals surface area (Å²) in [6.45, 7) is 0.362. The molecule has 0 aliphatic rings. The lowest BCUT2D eigenvalue weighted by atomic mass is 10.2. The van der Waals surface area contributed by atoms with Gasteiger partial charge in [-0.2, -0.15) is 0 Å². The third-order valence-corrected chi connectivity index (χ3v) is 3.72. The molecule has 0 saturated carbocycles. The monoisotopic (exact) mass is 376 g/mol. The molecular weight excluding hydrogens is 367 g/mol. The van der Waals surface area contributed by atoms with Crippen LogP contribution in [0.1, 0.15) is 11.8 Å². The molecule has 0 bridgehead atoms. The third kappa shape index (κ3) is 2.93. The number of anilines is 1. The Balaban J connectivity index is 2.20. The highest BCUT2D eigenvalue weighted by Crippen LogP contribution is 2.28. The SMILES string of the molecule is NCC(Nc1ccc(F)c(Br)c1)c1occc1Br. The molecule has 1 aromatic heterocycles. The lowest BCUT2D eigenvalue weighted by Gasteiger charge is -2.16. The van der Waals surface area contributed by atoms with Crippen molar-refractivity contribution in [1.29, 1.82) is 0 Å². The Morgan fingerprint density at radius 3 is 2.61 bits per heavy atom. The highest BCUT2D eigenvalue weighted by molar-refractivity contribution is 9.10. The molecule has 0 aliphatic heterocycles. The third-order valence-electron chi connectivity index (χ3n) is 2.46. The van der Waals surface area contributed by atoms with E-state index in [1.807, 2.05) is 0 Å². The molecule has 1 atom stereocenters. The van der Waals surface area contributed by atoms with Crippen LogP contribution in [-0.2, 0) is 0 Å². The Labute approximate surface area is 121 Å². The number of furan rings is 1. The van der Waals surface area contributed by atoms with Crippen LogP contribution < -0.4 is 11.1 Å². The van der Waals surface area contributed by atoms with Crippen LogP contribution in [0.2, 0.25) is 0 Å². The first-order valence-electron chi connectivity index (χ1n) is 5.26. The standard InChI is InChI=1S/C12H11Br2FN2O/c13-8-3-4-18-12(8)11(6-16)17-7-1-2-10(15)9(14)5-7/h1-5,11,17H,6,16H2. The van der Waals surface area contributed by atoms with Crippen LogP contribution in [0.5, 0.6) is 0 Å². The second-order valence-electron chi connectivity index (χ2n) is 3.69. The smallest absolute Gasteiger partial charge is 0.141 e. The molecule has 0 radical (unpaired) electrons. The van der Waals surface area contributed by atoms with Crippen molar-refractivity contribution in [2.24, 2.45) is 5.73 Å². The van der Waals surface area contributed by atoms with Gasteiger partial charge < -0.3 is 15.5 Å². The molecule has 1 aromatic carbocycles. The molecular formula is C12H11Br2FN2O. The van der Waals surface area contributed by atoms with Crippen molar-refractivity contribution < 1.29 is 8.81 Å². The molecule has 0 amide bonds. The van der Waals surface area contributed by atoms with Crippen molar-refractivity contribution in [2.75, 3.05) is 11.9 Å². The van der Waals surface area contributed by atoms with E-state index < -0.39 is 0 Å². The van der Waals surface area contributed by atoms with Gasteiger partial charge in [-0.25, -0.2) is 4.39 Å². The molecule has 3 nitrogen and oxygen atoms in total. The summed E-state index contributed by atoms with van der Waals surface area (Å²) >= 11 is 6.53. The van der Waals surface area contributed by atoms with E-state index in [1.165, 1.54) is 6.07 Å². The Bertz CT molecular complexity index is 545. The number of nitrogens with one attached hydrogen (secondary N) is 1. The second-order valence-corrected chi connectivity index (χ2v) is 5.40. The van der Waals surface area contributed by atoms with E-state index in [-0.39, 0.29) is 11.9 Å². The lowest BCUT2D eigenvalue weighted by Crippen LogP contribution is -2.20. The van der Waals surface area contributed by atoms with Crippen molar-refractivity contribution in [2.45, 2.75) is 6.04 Å². The van der Waals surface area contributed by atoms with E-state index >= 15 is 0 Å². The fourth-order valence-electron chi connectivity index (χ4n) is 1.57. The fourth-order valence-corrected chi connectivity index (χ4v) is 2.43. The molecule has 18 heavy (non-hydrogen) atoms. The minimum Gasteiger partial charge on any atom is -0.466 e. The van der Waals surface area contributed by atoms with Gasteiger partial charge in [0.2, 0.25) is 0 Å². The number of benzene rings is 1. The van der Waals surface area contributed by atoms with Gasteiger partial charge in [-0.1, -0.05) is 0 Å². The fraction of sp³-hybridized carbons (Fsp3) is 0.167. The summed E-state index contributed by atoms with van der Waals surface area (Å²) in [7, 11) is 0. The summed E-state index contributed by atoms with van der Waals surface area (Å²) < 4.78 is 19.8. The molecule has 1 heterocycles. The van der Waals surface area contributed by atoms with Crippen LogP contribution in [0.4, 0.5) is 10.1 Å². The second kappa shape index (κ2) is 5.86. The van der Waals surface area contributed by atoms with Gasteiger partial charge in [0.1, 0.15) is 11.6 Å². The van der Waals surface area contributed by atoms with E-state index in [1.54, 1.807) is 24.5 Å². The lowest BCUT2D eigenvalue weighted by molar-refractivity contribution is 0.479. The highest BCUT2D eigenvalue weighted by atomic mass is 79.9. The number of rotatable bonds is 4. The van der Waals surface area contributed by atoms with E-state index in [0.717, 1.165) is 15.9 Å². The highest BCUT2D eigenvalue weighted by Gasteiger charge is 2.16. The van der Waals surface area contributed by atoms with Gasteiger partial charge in [0.05, 0.1) is 21.3 Å². The summed E-state index contributed by atoms with van der Waals surface area (Å²) in [5, 5.41) is 3.19. The Morgan fingerprint density at radius 2 is 2.06 bits per heavy atom. The molecule has 0 saturated heterocycles. The van der Waals surface area contributed by atoms with Crippen LogP contribution >= 0.6 is 31.9 Å². The number of hydrogen-bond donors (Lipinski definition) is 2. The van der Waals surface area contributed by atoms with E-state index in [0.29, 0.717) is 11.0 Å². The van der Waals surface area contributed by atoms with E-state index in [9.17, 15) is 4.39 Å². The van der Waals surface area contributed by atoms with Crippen LogP contribution in [0.3, 0.4) is 0 Å². The van der Waals surface area contributed by atoms with Gasteiger partial charge in [-0.3, -0.25) is 0 Å². The first-order chi connectivity index (χ1) is 8.61. The summed E-state index contributed by atoms with van der Waals surface area (Å²) in [6, 6.07) is 6.33. The van der Waals surface area contributed by atoms with Gasteiger partial charge >= 0.3 is 0 Å². The summed E-state index contributed by atoms with van der Waals surface area (Å²) in [5.41, 5.74) is 6.49. The quantitative estimate of drug-likeness (QED) is 0.844. The Morgan fingerprint density at radius 1 is 1.28 bits per heavy atom. The van der Waals surface area contributed by atoms with Crippen molar-refractivity contribution in [3.8, 4) is 0 Å². The maximum atomic E-state index is 13.1. The van der Waals surface area contributed by atoms with Gasteiger partial charge in [0.25, 0.3) is 0 Å². The molecule has 0 fully saturated rings. The Hall–Kier alpha value is -0.850. The number of nitrogens with two attached hydrogens (primary N) is 1. The molecule has 2 aromatic rings. The van der Waals surface area contributed by atoms with Crippen molar-refractivity contribution in [3.63, 3.8) is 0 Å².